The molecule has 1 aromatic heterocycles. The van der Waals surface area contributed by atoms with Crippen LogP contribution in [0.15, 0.2) is 36.4 Å². The Morgan fingerprint density at radius 1 is 1.17 bits per heavy atom. The molecule has 1 aliphatic carbocycles. The van der Waals surface area contributed by atoms with Gasteiger partial charge in [0.05, 0.1) is 11.0 Å². The first-order valence-electron chi connectivity index (χ1n) is 10.0. The van der Waals surface area contributed by atoms with E-state index < -0.39 is 12.0 Å². The van der Waals surface area contributed by atoms with E-state index in [4.69, 9.17) is 0 Å². The summed E-state index contributed by atoms with van der Waals surface area (Å²) in [6, 6.07) is 10.3. The minimum absolute atomic E-state index is 0.00702. The number of nitrogens with zero attached hydrogens (tertiary/aromatic N) is 2. The molecular formula is C23H23F3N2O. The van der Waals surface area contributed by atoms with Gasteiger partial charge in [0.2, 0.25) is 5.82 Å². The van der Waals surface area contributed by atoms with Crippen LogP contribution in [0.5, 0.6) is 0 Å². The Balaban J connectivity index is 1.88. The van der Waals surface area contributed by atoms with Crippen molar-refractivity contribution < 1.29 is 18.0 Å². The van der Waals surface area contributed by atoms with Crippen molar-refractivity contribution in [2.75, 3.05) is 0 Å². The van der Waals surface area contributed by atoms with Crippen molar-refractivity contribution in [3.63, 3.8) is 0 Å². The monoisotopic (exact) mass is 400 g/mol. The predicted octanol–water partition coefficient (Wildman–Crippen LogP) is 6.29. The zero-order valence-corrected chi connectivity index (χ0v) is 16.5. The SMILES string of the molecule is CCCCc1cc(C)cc(-n2c(C(F)(F)F)nc3cc(C(=O)C4CC4)ccc32)c1. The van der Waals surface area contributed by atoms with Crippen LogP contribution in [0.4, 0.5) is 13.2 Å². The molecule has 0 saturated heterocycles. The summed E-state index contributed by atoms with van der Waals surface area (Å²) in [5, 5.41) is 0. The van der Waals surface area contributed by atoms with Crippen molar-refractivity contribution in [2.45, 2.75) is 52.1 Å². The number of carbonyl (C=O) groups excluding carboxylic acids is 1. The summed E-state index contributed by atoms with van der Waals surface area (Å²) >= 11 is 0. The number of benzene rings is 2. The first-order valence-corrected chi connectivity index (χ1v) is 10.0. The fraction of sp³-hybridized carbons (Fsp3) is 0.391. The molecule has 152 valence electrons. The summed E-state index contributed by atoms with van der Waals surface area (Å²) in [5.74, 6) is -0.961. The Hall–Kier alpha value is -2.63. The number of fused-ring (bicyclic) bond motifs is 1. The van der Waals surface area contributed by atoms with Crippen molar-refractivity contribution in [3.05, 3.63) is 58.9 Å². The molecule has 0 unspecified atom stereocenters. The van der Waals surface area contributed by atoms with Crippen LogP contribution >= 0.6 is 0 Å². The Morgan fingerprint density at radius 2 is 1.93 bits per heavy atom. The molecule has 1 aliphatic rings. The molecule has 3 nitrogen and oxygen atoms in total. The van der Waals surface area contributed by atoms with Crippen LogP contribution in [0.25, 0.3) is 16.7 Å². The fourth-order valence-electron chi connectivity index (χ4n) is 3.76. The number of alkyl halides is 3. The Kier molecular flexibility index (Phi) is 4.97. The minimum atomic E-state index is -4.60. The fourth-order valence-corrected chi connectivity index (χ4v) is 3.76. The van der Waals surface area contributed by atoms with Gasteiger partial charge in [-0.05, 0) is 74.1 Å². The van der Waals surface area contributed by atoms with E-state index in [1.165, 1.54) is 10.6 Å². The van der Waals surface area contributed by atoms with Crippen molar-refractivity contribution in [1.82, 2.24) is 9.55 Å². The second kappa shape index (κ2) is 7.32. The molecule has 0 radical (unpaired) electrons. The van der Waals surface area contributed by atoms with Gasteiger partial charge in [-0.15, -0.1) is 0 Å². The number of hydrogen-bond donors (Lipinski definition) is 0. The highest BCUT2D eigenvalue weighted by Crippen LogP contribution is 2.36. The van der Waals surface area contributed by atoms with Gasteiger partial charge >= 0.3 is 6.18 Å². The molecule has 29 heavy (non-hydrogen) atoms. The lowest BCUT2D eigenvalue weighted by Gasteiger charge is -2.14. The maximum atomic E-state index is 13.8. The molecule has 1 heterocycles. The molecule has 3 aromatic rings. The van der Waals surface area contributed by atoms with Gasteiger partial charge in [-0.25, -0.2) is 4.98 Å². The van der Waals surface area contributed by atoms with Crippen molar-refractivity contribution in [3.8, 4) is 5.69 Å². The second-order valence-electron chi connectivity index (χ2n) is 7.89. The van der Waals surface area contributed by atoms with Crippen LogP contribution in [0.2, 0.25) is 0 Å². The molecule has 0 amide bonds. The van der Waals surface area contributed by atoms with Gasteiger partial charge in [0.15, 0.2) is 5.78 Å². The number of Topliss-reactive ketones (excluding diaryl/α,β-unsaturated/α-hetero) is 1. The van der Waals surface area contributed by atoms with Gasteiger partial charge in [-0.2, -0.15) is 13.2 Å². The average Bonchev–Trinajstić information content (AvgIpc) is 3.43. The molecule has 6 heteroatoms. The third-order valence-electron chi connectivity index (χ3n) is 5.34. The molecule has 0 bridgehead atoms. The van der Waals surface area contributed by atoms with Gasteiger partial charge in [0, 0.05) is 17.2 Å². The van der Waals surface area contributed by atoms with Gasteiger partial charge in [0.1, 0.15) is 0 Å². The first kappa shape index (κ1) is 19.7. The second-order valence-corrected chi connectivity index (χ2v) is 7.89. The number of aromatic nitrogens is 2. The maximum absolute atomic E-state index is 13.8. The van der Waals surface area contributed by atoms with E-state index in [9.17, 15) is 18.0 Å². The first-order chi connectivity index (χ1) is 13.8. The van der Waals surface area contributed by atoms with E-state index in [1.54, 1.807) is 18.2 Å². The summed E-state index contributed by atoms with van der Waals surface area (Å²) < 4.78 is 42.6. The van der Waals surface area contributed by atoms with Gasteiger partial charge < -0.3 is 0 Å². The summed E-state index contributed by atoms with van der Waals surface area (Å²) in [7, 11) is 0. The number of hydrogen-bond acceptors (Lipinski definition) is 2. The Bertz CT molecular complexity index is 1080. The number of ketones is 1. The van der Waals surface area contributed by atoms with E-state index >= 15 is 0 Å². The molecule has 4 rings (SSSR count). The number of halogens is 3. The highest BCUT2D eigenvalue weighted by molar-refractivity contribution is 6.01. The largest absolute Gasteiger partial charge is 0.450 e. The lowest BCUT2D eigenvalue weighted by atomic mass is 10.0. The van der Waals surface area contributed by atoms with Crippen molar-refractivity contribution >= 4 is 16.8 Å². The van der Waals surface area contributed by atoms with E-state index in [1.807, 2.05) is 19.1 Å². The van der Waals surface area contributed by atoms with Crippen LogP contribution in [-0.4, -0.2) is 15.3 Å². The molecule has 2 aromatic carbocycles. The zero-order chi connectivity index (χ0) is 20.8. The molecule has 0 spiro atoms. The highest BCUT2D eigenvalue weighted by Gasteiger charge is 2.38. The lowest BCUT2D eigenvalue weighted by molar-refractivity contribution is -0.145. The molecule has 0 aliphatic heterocycles. The maximum Gasteiger partial charge on any atom is 0.450 e. The zero-order valence-electron chi connectivity index (χ0n) is 16.5. The van der Waals surface area contributed by atoms with E-state index in [0.29, 0.717) is 16.8 Å². The molecule has 1 saturated carbocycles. The van der Waals surface area contributed by atoms with Gasteiger partial charge in [0.25, 0.3) is 0 Å². The number of carbonyl (C=O) groups is 1. The molecule has 1 fully saturated rings. The standard InChI is InChI=1S/C23H23F3N2O/c1-3-4-5-15-10-14(2)11-18(12-15)28-20-9-8-17(21(29)16-6-7-16)13-19(20)27-22(28)23(24,25)26/h8-13,16H,3-7H2,1-2H3. The summed E-state index contributed by atoms with van der Waals surface area (Å²) in [5.41, 5.74) is 3.36. The van der Waals surface area contributed by atoms with Gasteiger partial charge in [-0.3, -0.25) is 9.36 Å². The third kappa shape index (κ3) is 3.93. The van der Waals surface area contributed by atoms with Gasteiger partial charge in [-0.1, -0.05) is 19.4 Å². The van der Waals surface area contributed by atoms with E-state index in [-0.39, 0.29) is 17.2 Å². The van der Waals surface area contributed by atoms with Crippen LogP contribution in [0.1, 0.15) is 59.9 Å². The highest BCUT2D eigenvalue weighted by atomic mass is 19.4. The number of rotatable bonds is 6. The van der Waals surface area contributed by atoms with E-state index in [0.717, 1.165) is 43.2 Å². The molecule has 0 N–H and O–H groups in total. The van der Waals surface area contributed by atoms with Crippen LogP contribution < -0.4 is 0 Å². The van der Waals surface area contributed by atoms with Crippen molar-refractivity contribution in [1.29, 1.82) is 0 Å². The number of imidazole rings is 1. The smallest absolute Gasteiger partial charge is 0.294 e. The Labute approximate surface area is 167 Å². The van der Waals surface area contributed by atoms with Crippen LogP contribution in [0.3, 0.4) is 0 Å². The summed E-state index contributed by atoms with van der Waals surface area (Å²) in [4.78, 5) is 16.2. The van der Waals surface area contributed by atoms with Crippen molar-refractivity contribution in [2.24, 2.45) is 5.92 Å². The topological polar surface area (TPSA) is 34.9 Å². The third-order valence-corrected chi connectivity index (χ3v) is 5.34. The summed E-state index contributed by atoms with van der Waals surface area (Å²) in [6.45, 7) is 3.97. The summed E-state index contributed by atoms with van der Waals surface area (Å²) in [6.07, 6.45) is -0.0900. The van der Waals surface area contributed by atoms with Crippen LogP contribution in [0, 0.1) is 12.8 Å². The molecule has 0 atom stereocenters. The number of unbranched alkanes of at least 4 members (excludes halogenated alkanes) is 1. The normalized spacial score (nSPS) is 14.5. The quantitative estimate of drug-likeness (QED) is 0.456. The Morgan fingerprint density at radius 3 is 2.59 bits per heavy atom. The lowest BCUT2D eigenvalue weighted by Crippen LogP contribution is -2.14. The average molecular weight is 400 g/mol. The van der Waals surface area contributed by atoms with E-state index in [2.05, 4.69) is 11.9 Å². The molecular weight excluding hydrogens is 377 g/mol. The predicted molar refractivity (Wildman–Crippen MR) is 106 cm³/mol. The number of aryl methyl sites for hydroxylation is 2. The van der Waals surface area contributed by atoms with Crippen LogP contribution in [-0.2, 0) is 12.6 Å². The minimum Gasteiger partial charge on any atom is -0.294 e.